The minimum atomic E-state index is -0.159. The van der Waals surface area contributed by atoms with Gasteiger partial charge in [-0.25, -0.2) is 0 Å². The third-order valence-electron chi connectivity index (χ3n) is 3.01. The number of nitrogens with zero attached hydrogens (tertiary/aromatic N) is 1. The van der Waals surface area contributed by atoms with Gasteiger partial charge in [0.25, 0.3) is 5.91 Å². The summed E-state index contributed by atoms with van der Waals surface area (Å²) in [6.45, 7) is 3.32. The maximum absolute atomic E-state index is 12.2. The summed E-state index contributed by atoms with van der Waals surface area (Å²) >= 11 is 0. The third kappa shape index (κ3) is 1.72. The lowest BCUT2D eigenvalue weighted by Gasteiger charge is -2.19. The first-order chi connectivity index (χ1) is 8.25. The number of rotatable bonds is 1. The van der Waals surface area contributed by atoms with Gasteiger partial charge < -0.3 is 19.1 Å². The van der Waals surface area contributed by atoms with E-state index in [-0.39, 0.29) is 18.9 Å². The molecule has 1 atom stereocenters. The van der Waals surface area contributed by atoms with Crippen LogP contribution in [-0.4, -0.2) is 37.0 Å². The Bertz CT molecular complexity index is 460. The first kappa shape index (κ1) is 10.4. The van der Waals surface area contributed by atoms with E-state index in [1.807, 2.05) is 6.92 Å². The monoisotopic (exact) mass is 235 g/mol. The number of amides is 1. The lowest BCUT2D eigenvalue weighted by molar-refractivity contribution is 0.0377. The van der Waals surface area contributed by atoms with Gasteiger partial charge in [0.2, 0.25) is 6.79 Å². The number of hydrogen-bond acceptors (Lipinski definition) is 4. The summed E-state index contributed by atoms with van der Waals surface area (Å²) in [6.07, 6.45) is -0.159. The van der Waals surface area contributed by atoms with Crippen LogP contribution in [0.1, 0.15) is 17.3 Å². The van der Waals surface area contributed by atoms with Gasteiger partial charge in [-0.05, 0) is 25.1 Å². The molecule has 0 spiro atoms. The summed E-state index contributed by atoms with van der Waals surface area (Å²) in [5.41, 5.74) is 0.603. The predicted molar refractivity (Wildman–Crippen MR) is 59.0 cm³/mol. The molecular formula is C12H13NO4. The quantitative estimate of drug-likeness (QED) is 0.734. The molecule has 0 aliphatic carbocycles. The van der Waals surface area contributed by atoms with Gasteiger partial charge in [-0.15, -0.1) is 0 Å². The van der Waals surface area contributed by atoms with Crippen LogP contribution < -0.4 is 9.47 Å². The molecule has 3 rings (SSSR count). The van der Waals surface area contributed by atoms with Gasteiger partial charge in [-0.2, -0.15) is 0 Å². The van der Waals surface area contributed by atoms with Crippen molar-refractivity contribution in [2.75, 3.05) is 19.9 Å². The van der Waals surface area contributed by atoms with Crippen LogP contribution in [0.2, 0.25) is 0 Å². The molecule has 5 heteroatoms. The van der Waals surface area contributed by atoms with Crippen molar-refractivity contribution in [3.8, 4) is 11.5 Å². The van der Waals surface area contributed by atoms with E-state index in [2.05, 4.69) is 0 Å². The maximum Gasteiger partial charge on any atom is 0.256 e. The van der Waals surface area contributed by atoms with Crippen LogP contribution in [0.3, 0.4) is 0 Å². The summed E-state index contributed by atoms with van der Waals surface area (Å²) in [5.74, 6) is 1.28. The summed E-state index contributed by atoms with van der Waals surface area (Å²) < 4.78 is 15.8. The fourth-order valence-corrected chi connectivity index (χ4v) is 2.06. The average molecular weight is 235 g/mol. The van der Waals surface area contributed by atoms with Gasteiger partial charge in [-0.3, -0.25) is 4.79 Å². The molecule has 0 radical (unpaired) electrons. The van der Waals surface area contributed by atoms with Crippen LogP contribution in [0.5, 0.6) is 11.5 Å². The fraction of sp³-hybridized carbons (Fsp3) is 0.417. The molecule has 2 aliphatic rings. The molecule has 1 amide bonds. The predicted octanol–water partition coefficient (Wildman–Crippen LogP) is 1.23. The van der Waals surface area contributed by atoms with Crippen LogP contribution in [0, 0.1) is 0 Å². The van der Waals surface area contributed by atoms with Crippen molar-refractivity contribution < 1.29 is 19.0 Å². The zero-order valence-electron chi connectivity index (χ0n) is 9.51. The largest absolute Gasteiger partial charge is 0.454 e. The average Bonchev–Trinajstić information content (AvgIpc) is 2.95. The molecule has 0 aromatic heterocycles. The first-order valence-electron chi connectivity index (χ1n) is 5.58. The lowest BCUT2D eigenvalue weighted by atomic mass is 10.1. The number of carbonyl (C=O) groups excluding carboxylic acids is 1. The van der Waals surface area contributed by atoms with Crippen LogP contribution in [0.4, 0.5) is 0 Å². The molecule has 5 nitrogen and oxygen atoms in total. The van der Waals surface area contributed by atoms with E-state index in [0.29, 0.717) is 30.2 Å². The van der Waals surface area contributed by atoms with Crippen LogP contribution in [0.25, 0.3) is 0 Å². The second-order valence-corrected chi connectivity index (χ2v) is 4.04. The number of hydrogen-bond donors (Lipinski definition) is 0. The number of benzene rings is 1. The van der Waals surface area contributed by atoms with Crippen molar-refractivity contribution in [2.45, 2.75) is 13.2 Å². The molecule has 0 saturated carbocycles. The highest BCUT2D eigenvalue weighted by Gasteiger charge is 2.27. The van der Waals surface area contributed by atoms with Gasteiger partial charge in [0, 0.05) is 12.1 Å². The highest BCUT2D eigenvalue weighted by molar-refractivity contribution is 5.95. The maximum atomic E-state index is 12.2. The Labute approximate surface area is 98.9 Å². The minimum absolute atomic E-state index is 0.0340. The van der Waals surface area contributed by atoms with Gasteiger partial charge in [0.1, 0.15) is 6.23 Å². The molecule has 1 unspecified atom stereocenters. The Kier molecular flexibility index (Phi) is 2.40. The topological polar surface area (TPSA) is 48.0 Å². The van der Waals surface area contributed by atoms with E-state index >= 15 is 0 Å². The minimum Gasteiger partial charge on any atom is -0.454 e. The van der Waals surface area contributed by atoms with Gasteiger partial charge >= 0.3 is 0 Å². The van der Waals surface area contributed by atoms with Crippen molar-refractivity contribution in [1.29, 1.82) is 0 Å². The van der Waals surface area contributed by atoms with Crippen LogP contribution in [0.15, 0.2) is 18.2 Å². The van der Waals surface area contributed by atoms with E-state index in [4.69, 9.17) is 14.2 Å². The SMILES string of the molecule is CC1OCCN1C(=O)c1ccc2c(c1)OCO2. The molecule has 1 fully saturated rings. The zero-order valence-corrected chi connectivity index (χ0v) is 9.51. The third-order valence-corrected chi connectivity index (χ3v) is 3.01. The fourth-order valence-electron chi connectivity index (χ4n) is 2.06. The highest BCUT2D eigenvalue weighted by Crippen LogP contribution is 2.33. The van der Waals surface area contributed by atoms with E-state index in [9.17, 15) is 4.79 Å². The molecule has 1 aromatic carbocycles. The first-order valence-corrected chi connectivity index (χ1v) is 5.58. The second-order valence-electron chi connectivity index (χ2n) is 4.04. The molecule has 90 valence electrons. The molecule has 2 heterocycles. The molecule has 1 saturated heterocycles. The Morgan fingerprint density at radius 2 is 2.18 bits per heavy atom. The summed E-state index contributed by atoms with van der Waals surface area (Å²) in [7, 11) is 0. The summed E-state index contributed by atoms with van der Waals surface area (Å²) in [6, 6.07) is 5.23. The van der Waals surface area contributed by atoms with Crippen molar-refractivity contribution in [3.05, 3.63) is 23.8 Å². The Hall–Kier alpha value is -1.75. The van der Waals surface area contributed by atoms with Crippen molar-refractivity contribution in [1.82, 2.24) is 4.90 Å². The summed E-state index contributed by atoms with van der Waals surface area (Å²) in [5, 5.41) is 0. The molecule has 0 N–H and O–H groups in total. The van der Waals surface area contributed by atoms with Crippen LogP contribution in [-0.2, 0) is 4.74 Å². The van der Waals surface area contributed by atoms with E-state index < -0.39 is 0 Å². The molecule has 1 aromatic rings. The zero-order chi connectivity index (χ0) is 11.8. The second kappa shape index (κ2) is 3.92. The Morgan fingerprint density at radius 1 is 1.35 bits per heavy atom. The molecular weight excluding hydrogens is 222 g/mol. The highest BCUT2D eigenvalue weighted by atomic mass is 16.7. The Balaban J connectivity index is 1.86. The normalized spacial score (nSPS) is 21.9. The number of carbonyl (C=O) groups is 1. The smallest absolute Gasteiger partial charge is 0.256 e. The summed E-state index contributed by atoms with van der Waals surface area (Å²) in [4.78, 5) is 13.9. The van der Waals surface area contributed by atoms with E-state index in [0.717, 1.165) is 0 Å². The van der Waals surface area contributed by atoms with Gasteiger partial charge in [-0.1, -0.05) is 0 Å². The molecule has 2 aliphatic heterocycles. The van der Waals surface area contributed by atoms with Crippen molar-refractivity contribution >= 4 is 5.91 Å². The van der Waals surface area contributed by atoms with Crippen molar-refractivity contribution in [3.63, 3.8) is 0 Å². The Morgan fingerprint density at radius 3 is 2.94 bits per heavy atom. The number of fused-ring (bicyclic) bond motifs is 1. The molecule has 0 bridgehead atoms. The van der Waals surface area contributed by atoms with Gasteiger partial charge in [0.15, 0.2) is 11.5 Å². The van der Waals surface area contributed by atoms with Crippen molar-refractivity contribution in [2.24, 2.45) is 0 Å². The standard InChI is InChI=1S/C12H13NO4/c1-8-13(4-5-15-8)12(14)9-2-3-10-11(6-9)17-7-16-10/h2-3,6,8H,4-5,7H2,1H3. The molecule has 17 heavy (non-hydrogen) atoms. The van der Waals surface area contributed by atoms with E-state index in [1.165, 1.54) is 0 Å². The van der Waals surface area contributed by atoms with Gasteiger partial charge in [0.05, 0.1) is 6.61 Å². The lowest BCUT2D eigenvalue weighted by Crippen LogP contribution is -2.34. The van der Waals surface area contributed by atoms with Crippen LogP contribution >= 0.6 is 0 Å². The van der Waals surface area contributed by atoms with E-state index in [1.54, 1.807) is 23.1 Å². The number of ether oxygens (including phenoxy) is 3.